The van der Waals surface area contributed by atoms with E-state index in [1.54, 1.807) is 0 Å². The maximum absolute atomic E-state index is 13.0. The van der Waals surface area contributed by atoms with E-state index >= 15 is 0 Å². The molecule has 0 spiro atoms. The highest BCUT2D eigenvalue weighted by Crippen LogP contribution is 2.26. The van der Waals surface area contributed by atoms with Gasteiger partial charge in [0.2, 0.25) is 0 Å². The number of unbranched alkanes of at least 4 members (excludes halogenated alkanes) is 14. The van der Waals surface area contributed by atoms with Gasteiger partial charge in [-0.3, -0.25) is 4.79 Å². The normalized spacial score (nSPS) is 27.0. The zero-order chi connectivity index (χ0) is 47.3. The fourth-order valence-corrected chi connectivity index (χ4v) is 7.49. The molecule has 0 amide bonds. The zero-order valence-corrected chi connectivity index (χ0v) is 39.7. The molecule has 7 N–H and O–H groups in total. The highest BCUT2D eigenvalue weighted by atomic mass is 16.7. The van der Waals surface area contributed by atoms with E-state index in [1.165, 1.54) is 57.8 Å². The molecule has 2 heterocycles. The minimum absolute atomic E-state index is 0.0471. The van der Waals surface area contributed by atoms with E-state index in [0.29, 0.717) is 13.0 Å². The van der Waals surface area contributed by atoms with Gasteiger partial charge < -0.3 is 64.2 Å². The summed E-state index contributed by atoms with van der Waals surface area (Å²) < 4.78 is 34.2. The molecule has 14 heteroatoms. The van der Waals surface area contributed by atoms with Crippen LogP contribution in [0.2, 0.25) is 0 Å². The minimum atomic E-state index is -1.71. The van der Waals surface area contributed by atoms with Crippen LogP contribution in [0.5, 0.6) is 0 Å². The number of hydrogen-bond acceptors (Lipinski definition) is 14. The van der Waals surface area contributed by atoms with Gasteiger partial charge in [-0.1, -0.05) is 152 Å². The van der Waals surface area contributed by atoms with Crippen LogP contribution >= 0.6 is 0 Å². The molecule has 65 heavy (non-hydrogen) atoms. The van der Waals surface area contributed by atoms with E-state index in [0.717, 1.165) is 70.6 Å². The van der Waals surface area contributed by atoms with Crippen molar-refractivity contribution in [3.8, 4) is 0 Å². The summed E-state index contributed by atoms with van der Waals surface area (Å²) >= 11 is 0. The quantitative estimate of drug-likeness (QED) is 0.0190. The van der Waals surface area contributed by atoms with E-state index in [-0.39, 0.29) is 19.6 Å². The Hall–Kier alpha value is -2.31. The molecule has 0 radical (unpaired) electrons. The largest absolute Gasteiger partial charge is 0.457 e. The molecule has 0 aromatic heterocycles. The first kappa shape index (κ1) is 58.8. The third-order valence-electron chi connectivity index (χ3n) is 11.5. The first-order valence-electron chi connectivity index (χ1n) is 24.9. The second kappa shape index (κ2) is 38.6. The Bertz CT molecular complexity index is 1300. The summed E-state index contributed by atoms with van der Waals surface area (Å²) in [6.45, 7) is 3.51. The van der Waals surface area contributed by atoms with Crippen molar-refractivity contribution in [1.82, 2.24) is 0 Å². The molecular weight excluding hydrogens is 837 g/mol. The summed E-state index contributed by atoms with van der Waals surface area (Å²) in [5, 5.41) is 72.0. The Balaban J connectivity index is 1.80. The van der Waals surface area contributed by atoms with E-state index in [2.05, 4.69) is 74.6 Å². The number of carbonyl (C=O) groups excluding carboxylic acids is 1. The third-order valence-corrected chi connectivity index (χ3v) is 11.5. The number of carbonyl (C=O) groups is 1. The number of esters is 1. The molecule has 0 aromatic rings. The van der Waals surface area contributed by atoms with Crippen molar-refractivity contribution in [2.75, 3.05) is 33.0 Å². The van der Waals surface area contributed by atoms with Gasteiger partial charge in [0.05, 0.1) is 26.4 Å². The summed E-state index contributed by atoms with van der Waals surface area (Å²) in [6, 6.07) is 0. The van der Waals surface area contributed by atoms with Crippen LogP contribution in [-0.2, 0) is 33.2 Å². The molecule has 0 saturated carbocycles. The van der Waals surface area contributed by atoms with Gasteiger partial charge in [-0.15, -0.1) is 0 Å². The lowest BCUT2D eigenvalue weighted by Crippen LogP contribution is -2.61. The summed E-state index contributed by atoms with van der Waals surface area (Å²) in [4.78, 5) is 13.0. The van der Waals surface area contributed by atoms with Gasteiger partial charge >= 0.3 is 5.97 Å². The van der Waals surface area contributed by atoms with Crippen molar-refractivity contribution < 1.29 is 69.0 Å². The molecule has 2 fully saturated rings. The third kappa shape index (κ3) is 26.7. The number of ether oxygens (including phenoxy) is 6. The van der Waals surface area contributed by atoms with E-state index in [4.69, 9.17) is 28.4 Å². The molecule has 2 aliphatic rings. The smallest absolute Gasteiger partial charge is 0.306 e. The van der Waals surface area contributed by atoms with E-state index in [1.807, 2.05) is 0 Å². The van der Waals surface area contributed by atoms with Crippen molar-refractivity contribution >= 4 is 5.97 Å². The molecule has 11 atom stereocenters. The monoisotopic (exact) mass is 925 g/mol. The predicted molar refractivity (Wildman–Crippen MR) is 252 cm³/mol. The Morgan fingerprint density at radius 1 is 0.523 bits per heavy atom. The molecule has 0 aliphatic carbocycles. The van der Waals surface area contributed by atoms with Gasteiger partial charge in [0, 0.05) is 13.0 Å². The lowest BCUT2D eigenvalue weighted by atomic mass is 9.98. The lowest BCUT2D eigenvalue weighted by Gasteiger charge is -2.42. The average Bonchev–Trinajstić information content (AvgIpc) is 3.30. The maximum atomic E-state index is 13.0. The highest BCUT2D eigenvalue weighted by Gasteiger charge is 2.47. The number of aliphatic hydroxyl groups excluding tert-OH is 7. The first-order valence-corrected chi connectivity index (χ1v) is 24.9. The Morgan fingerprint density at radius 3 is 1.55 bits per heavy atom. The molecule has 2 saturated heterocycles. The van der Waals surface area contributed by atoms with Crippen LogP contribution in [0.3, 0.4) is 0 Å². The minimum Gasteiger partial charge on any atom is -0.457 e. The van der Waals surface area contributed by atoms with Gasteiger partial charge in [0.1, 0.15) is 54.9 Å². The van der Waals surface area contributed by atoms with Crippen LogP contribution < -0.4 is 0 Å². The molecule has 376 valence electrons. The number of hydrogen-bond donors (Lipinski definition) is 7. The van der Waals surface area contributed by atoms with Gasteiger partial charge in [0.15, 0.2) is 12.6 Å². The van der Waals surface area contributed by atoms with Gasteiger partial charge in [-0.25, -0.2) is 0 Å². The second-order valence-corrected chi connectivity index (χ2v) is 17.3. The summed E-state index contributed by atoms with van der Waals surface area (Å²) in [5.41, 5.74) is 0. The SMILES string of the molecule is CC/C=C\C/C=C\C/C=C\C/C=C\C/C=C\CCCCCC(=O)OC(COCCCCCCCCCCCCCC)COC1OC(COC2OC(CO)C(O)C(O)C2O)C(O)C(O)C1O. The molecule has 2 rings (SSSR count). The van der Waals surface area contributed by atoms with Crippen molar-refractivity contribution in [1.29, 1.82) is 0 Å². The molecule has 0 bridgehead atoms. The Morgan fingerprint density at radius 2 is 1.00 bits per heavy atom. The van der Waals surface area contributed by atoms with E-state index in [9.17, 15) is 40.5 Å². The Labute approximate surface area is 390 Å². The number of rotatable bonds is 38. The molecule has 2 aliphatic heterocycles. The van der Waals surface area contributed by atoms with Crippen LogP contribution in [0, 0.1) is 0 Å². The summed E-state index contributed by atoms with van der Waals surface area (Å²) in [5.74, 6) is -0.409. The van der Waals surface area contributed by atoms with Crippen LogP contribution in [-0.4, -0.2) is 142 Å². The maximum Gasteiger partial charge on any atom is 0.306 e. The topological polar surface area (TPSA) is 214 Å². The van der Waals surface area contributed by atoms with Gasteiger partial charge in [0.25, 0.3) is 0 Å². The van der Waals surface area contributed by atoms with Gasteiger partial charge in [-0.2, -0.15) is 0 Å². The van der Waals surface area contributed by atoms with Crippen molar-refractivity contribution in [2.45, 2.75) is 223 Å². The zero-order valence-electron chi connectivity index (χ0n) is 39.7. The first-order chi connectivity index (χ1) is 31.6. The van der Waals surface area contributed by atoms with E-state index < -0.39 is 86.7 Å². The molecule has 14 nitrogen and oxygen atoms in total. The van der Waals surface area contributed by atoms with Gasteiger partial charge in [-0.05, 0) is 57.8 Å². The Kier molecular flexibility index (Phi) is 35.0. The van der Waals surface area contributed by atoms with Crippen molar-refractivity contribution in [3.63, 3.8) is 0 Å². The summed E-state index contributed by atoms with van der Waals surface area (Å²) in [6.07, 6.45) is 28.5. The standard InChI is InChI=1S/C51H88O14/c1-3-5-7-9-11-13-15-17-18-19-20-21-22-23-24-26-28-30-32-34-43(53)63-40(37-60-35-33-31-29-27-25-16-14-12-10-8-6-4-2)38-61-50-49(59)47(57)45(55)42(65-50)39-62-51-48(58)46(56)44(54)41(36-52)64-51/h5,7,11,13,17-18,20-21,23-24,40-42,44-52,54-59H,3-4,6,8-10,12,14-16,19,22,25-39H2,1-2H3/b7-5-,13-11-,18-17-,21-20-,24-23-. The van der Waals surface area contributed by atoms with Crippen molar-refractivity contribution in [2.24, 2.45) is 0 Å². The van der Waals surface area contributed by atoms with Crippen LogP contribution in [0.4, 0.5) is 0 Å². The predicted octanol–water partition coefficient (Wildman–Crippen LogP) is 6.96. The lowest BCUT2D eigenvalue weighted by molar-refractivity contribution is -0.332. The summed E-state index contributed by atoms with van der Waals surface area (Å²) in [7, 11) is 0. The van der Waals surface area contributed by atoms with Crippen LogP contribution in [0.1, 0.15) is 155 Å². The molecule has 11 unspecified atom stereocenters. The fourth-order valence-electron chi connectivity index (χ4n) is 7.49. The van der Waals surface area contributed by atoms with Crippen molar-refractivity contribution in [3.05, 3.63) is 60.8 Å². The van der Waals surface area contributed by atoms with Crippen LogP contribution in [0.15, 0.2) is 60.8 Å². The van der Waals surface area contributed by atoms with Crippen LogP contribution in [0.25, 0.3) is 0 Å². The average molecular weight is 925 g/mol. The second-order valence-electron chi connectivity index (χ2n) is 17.3. The fraction of sp³-hybridized carbons (Fsp3) is 0.784. The molecular formula is C51H88O14. The highest BCUT2D eigenvalue weighted by molar-refractivity contribution is 5.69. The molecule has 0 aromatic carbocycles. The number of allylic oxidation sites excluding steroid dienone is 10. The number of aliphatic hydroxyl groups is 7.